The van der Waals surface area contributed by atoms with Gasteiger partial charge in [0.25, 0.3) is 0 Å². The minimum atomic E-state index is -0.0762. The molecule has 0 spiro atoms. The molecule has 0 radical (unpaired) electrons. The van der Waals surface area contributed by atoms with E-state index in [1.165, 1.54) is 0 Å². The summed E-state index contributed by atoms with van der Waals surface area (Å²) in [7, 11) is 0. The van der Waals surface area contributed by atoms with Crippen LogP contribution in [0.1, 0.15) is 18.4 Å². The Morgan fingerprint density at radius 1 is 1.30 bits per heavy atom. The smallest absolute Gasteiger partial charge is 0.217 e. The summed E-state index contributed by atoms with van der Waals surface area (Å²) in [5.41, 5.74) is 0.941. The summed E-state index contributed by atoms with van der Waals surface area (Å²) in [6.45, 7) is 1.54. The van der Waals surface area contributed by atoms with E-state index in [1.54, 1.807) is 11.0 Å². The predicted octanol–water partition coefficient (Wildman–Crippen LogP) is 3.63. The van der Waals surface area contributed by atoms with Gasteiger partial charge in [-0.15, -0.1) is 5.10 Å². The number of benzene rings is 1. The molecule has 1 fully saturated rings. The molecule has 2 aromatic rings. The van der Waals surface area contributed by atoms with Gasteiger partial charge in [0.1, 0.15) is 6.33 Å². The van der Waals surface area contributed by atoms with Crippen LogP contribution in [0, 0.1) is 0 Å². The maximum absolute atomic E-state index is 6.30. The van der Waals surface area contributed by atoms with Crippen molar-refractivity contribution in [2.75, 3.05) is 6.54 Å². The van der Waals surface area contributed by atoms with Crippen LogP contribution in [0.25, 0.3) is 0 Å². The first kappa shape index (κ1) is 14.3. The normalized spacial score (nSPS) is 16.4. The first-order chi connectivity index (χ1) is 9.61. The van der Waals surface area contributed by atoms with Crippen LogP contribution in [0.4, 0.5) is 0 Å². The fraction of sp³-hybridized carbons (Fsp3) is 0.385. The third-order valence-electron chi connectivity index (χ3n) is 3.50. The first-order valence-corrected chi connectivity index (χ1v) is 7.90. The third-order valence-corrected chi connectivity index (χ3v) is 4.50. The zero-order valence-electron chi connectivity index (χ0n) is 10.6. The Balaban J connectivity index is 1.68. The lowest BCUT2D eigenvalue weighted by Crippen LogP contribution is -2.32. The highest BCUT2D eigenvalue weighted by molar-refractivity contribution is 9.10. The molecule has 7 heteroatoms. The minimum Gasteiger partial charge on any atom is -0.305 e. The Kier molecular flexibility index (Phi) is 4.04. The Labute approximate surface area is 135 Å². The Hall–Kier alpha value is -0.620. The zero-order valence-corrected chi connectivity index (χ0v) is 13.7. The monoisotopic (exact) mass is 374 g/mol. The van der Waals surface area contributed by atoms with E-state index in [1.807, 2.05) is 18.2 Å². The number of nitrogens with zero attached hydrogens (tertiary/aromatic N) is 3. The van der Waals surface area contributed by atoms with E-state index >= 15 is 0 Å². The molecular weight excluding hydrogens is 363 g/mol. The highest BCUT2D eigenvalue weighted by Crippen LogP contribution is 2.50. The van der Waals surface area contributed by atoms with Gasteiger partial charge < -0.3 is 5.32 Å². The van der Waals surface area contributed by atoms with Crippen molar-refractivity contribution in [1.82, 2.24) is 20.1 Å². The quantitative estimate of drug-likeness (QED) is 0.867. The number of aromatic nitrogens is 3. The average molecular weight is 376 g/mol. The van der Waals surface area contributed by atoms with E-state index in [0.717, 1.165) is 41.5 Å². The molecule has 0 atom stereocenters. The lowest BCUT2D eigenvalue weighted by molar-refractivity contribution is 0.472. The van der Waals surface area contributed by atoms with Crippen LogP contribution < -0.4 is 5.32 Å². The highest BCUT2D eigenvalue weighted by Gasteiger charge is 2.46. The summed E-state index contributed by atoms with van der Waals surface area (Å²) in [4.78, 5) is 4.03. The van der Waals surface area contributed by atoms with Gasteiger partial charge in [0.15, 0.2) is 0 Å². The number of rotatable bonds is 5. The van der Waals surface area contributed by atoms with Crippen molar-refractivity contribution in [3.8, 4) is 0 Å². The molecule has 20 heavy (non-hydrogen) atoms. The van der Waals surface area contributed by atoms with Crippen LogP contribution in [0.5, 0.6) is 0 Å². The zero-order chi connectivity index (χ0) is 14.2. The summed E-state index contributed by atoms with van der Waals surface area (Å²) in [6, 6.07) is 5.65. The van der Waals surface area contributed by atoms with Gasteiger partial charge in [0, 0.05) is 27.7 Å². The second kappa shape index (κ2) is 5.64. The standard InChI is InChI=1S/C13H13BrCl2N4/c14-12-17-8-20(19-12)7-6-18-13(4-5-13)11-9(15)2-1-3-10(11)16/h1-3,8,18H,4-7H2. The van der Waals surface area contributed by atoms with Crippen LogP contribution in [0.15, 0.2) is 29.3 Å². The summed E-state index contributed by atoms with van der Waals surface area (Å²) in [5.74, 6) is 0. The van der Waals surface area contributed by atoms with Gasteiger partial charge in [-0.3, -0.25) is 4.68 Å². The maximum Gasteiger partial charge on any atom is 0.217 e. The second-order valence-electron chi connectivity index (χ2n) is 4.88. The molecule has 0 aliphatic heterocycles. The largest absolute Gasteiger partial charge is 0.305 e. The van der Waals surface area contributed by atoms with Crippen molar-refractivity contribution in [3.05, 3.63) is 44.9 Å². The Morgan fingerprint density at radius 3 is 2.55 bits per heavy atom. The minimum absolute atomic E-state index is 0.0762. The summed E-state index contributed by atoms with van der Waals surface area (Å²) < 4.78 is 2.40. The molecule has 1 aliphatic carbocycles. The third kappa shape index (κ3) is 2.86. The number of hydrogen-bond acceptors (Lipinski definition) is 3. The van der Waals surface area contributed by atoms with E-state index in [2.05, 4.69) is 31.3 Å². The van der Waals surface area contributed by atoms with E-state index in [0.29, 0.717) is 4.73 Å². The molecule has 106 valence electrons. The van der Waals surface area contributed by atoms with Crippen molar-refractivity contribution in [1.29, 1.82) is 0 Å². The van der Waals surface area contributed by atoms with Crippen molar-refractivity contribution in [2.24, 2.45) is 0 Å². The number of nitrogens with one attached hydrogen (secondary N) is 1. The molecule has 3 rings (SSSR count). The van der Waals surface area contributed by atoms with E-state index in [9.17, 15) is 0 Å². The number of hydrogen-bond donors (Lipinski definition) is 1. The number of halogens is 3. The predicted molar refractivity (Wildman–Crippen MR) is 83.1 cm³/mol. The average Bonchev–Trinajstić information content (AvgIpc) is 3.05. The molecule has 1 N–H and O–H groups in total. The molecule has 4 nitrogen and oxygen atoms in total. The molecule has 1 heterocycles. The van der Waals surface area contributed by atoms with Crippen LogP contribution in [0.2, 0.25) is 10.0 Å². The van der Waals surface area contributed by atoms with Gasteiger partial charge in [0.05, 0.1) is 6.54 Å². The van der Waals surface area contributed by atoms with Crippen LogP contribution in [-0.2, 0) is 12.1 Å². The fourth-order valence-electron chi connectivity index (χ4n) is 2.38. The molecule has 0 amide bonds. The Bertz CT molecular complexity index is 604. The summed E-state index contributed by atoms with van der Waals surface area (Å²) >= 11 is 15.8. The maximum atomic E-state index is 6.30. The lowest BCUT2D eigenvalue weighted by atomic mass is 10.0. The summed E-state index contributed by atoms with van der Waals surface area (Å²) in [5, 5.41) is 9.20. The van der Waals surface area contributed by atoms with E-state index in [4.69, 9.17) is 23.2 Å². The lowest BCUT2D eigenvalue weighted by Gasteiger charge is -2.20. The molecule has 1 aromatic heterocycles. The van der Waals surface area contributed by atoms with Gasteiger partial charge in [0.2, 0.25) is 4.73 Å². The van der Waals surface area contributed by atoms with Gasteiger partial charge >= 0.3 is 0 Å². The van der Waals surface area contributed by atoms with Gasteiger partial charge in [-0.05, 0) is 40.9 Å². The fourth-order valence-corrected chi connectivity index (χ4v) is 3.44. The Morgan fingerprint density at radius 2 is 2.00 bits per heavy atom. The molecule has 1 aromatic carbocycles. The van der Waals surface area contributed by atoms with Crippen LogP contribution >= 0.6 is 39.1 Å². The van der Waals surface area contributed by atoms with E-state index < -0.39 is 0 Å². The SMILES string of the molecule is Clc1cccc(Cl)c1C1(NCCn2cnc(Br)n2)CC1. The molecule has 1 saturated carbocycles. The van der Waals surface area contributed by atoms with Crippen molar-refractivity contribution in [3.63, 3.8) is 0 Å². The van der Waals surface area contributed by atoms with Gasteiger partial charge in [-0.25, -0.2) is 4.98 Å². The molecular formula is C13H13BrCl2N4. The van der Waals surface area contributed by atoms with E-state index in [-0.39, 0.29) is 5.54 Å². The summed E-state index contributed by atoms with van der Waals surface area (Å²) in [6.07, 6.45) is 3.81. The molecule has 1 aliphatic rings. The van der Waals surface area contributed by atoms with Crippen molar-refractivity contribution >= 4 is 39.1 Å². The van der Waals surface area contributed by atoms with Crippen molar-refractivity contribution in [2.45, 2.75) is 24.9 Å². The second-order valence-corrected chi connectivity index (χ2v) is 6.41. The molecule has 0 bridgehead atoms. The molecule has 0 unspecified atom stereocenters. The van der Waals surface area contributed by atoms with Gasteiger partial charge in [-0.1, -0.05) is 29.3 Å². The van der Waals surface area contributed by atoms with Crippen LogP contribution in [-0.4, -0.2) is 21.3 Å². The van der Waals surface area contributed by atoms with Crippen LogP contribution in [0.3, 0.4) is 0 Å². The molecule has 0 saturated heterocycles. The highest BCUT2D eigenvalue weighted by atomic mass is 79.9. The van der Waals surface area contributed by atoms with Crippen molar-refractivity contribution < 1.29 is 0 Å². The topological polar surface area (TPSA) is 42.7 Å². The van der Waals surface area contributed by atoms with Gasteiger partial charge in [-0.2, -0.15) is 0 Å². The first-order valence-electron chi connectivity index (χ1n) is 6.35.